The second kappa shape index (κ2) is 7.59. The molecule has 3 N–H and O–H groups in total. The number of rotatable bonds is 4. The van der Waals surface area contributed by atoms with Crippen LogP contribution in [-0.2, 0) is 0 Å². The Morgan fingerprint density at radius 2 is 2.07 bits per heavy atom. The number of nitrogens with zero attached hydrogens (tertiary/aromatic N) is 2. The van der Waals surface area contributed by atoms with Crippen molar-refractivity contribution in [3.8, 4) is 16.9 Å². The van der Waals surface area contributed by atoms with Gasteiger partial charge in [0.2, 0.25) is 5.95 Å². The minimum atomic E-state index is -1.18. The van der Waals surface area contributed by atoms with Crippen molar-refractivity contribution in [2.24, 2.45) is 0 Å². The number of fused-ring (bicyclic) bond motifs is 2. The van der Waals surface area contributed by atoms with Crippen molar-refractivity contribution in [1.29, 1.82) is 0 Å². The number of alkyl halides is 1. The molecule has 8 heteroatoms. The van der Waals surface area contributed by atoms with E-state index in [1.807, 2.05) is 18.3 Å². The fourth-order valence-corrected chi connectivity index (χ4v) is 4.25. The van der Waals surface area contributed by atoms with Crippen LogP contribution in [0.25, 0.3) is 22.2 Å². The van der Waals surface area contributed by atoms with Gasteiger partial charge in [0.1, 0.15) is 23.7 Å². The summed E-state index contributed by atoms with van der Waals surface area (Å²) in [7, 11) is 0. The Balaban J connectivity index is 1.39. The Hall–Kier alpha value is -3.16. The number of H-pyrrole nitrogens is 1. The van der Waals surface area contributed by atoms with Gasteiger partial charge in [-0.3, -0.25) is 4.79 Å². The lowest BCUT2D eigenvalue weighted by atomic mass is 9.86. The molecule has 3 heterocycles. The number of hydrogen-bond acceptors (Lipinski definition) is 5. The molecule has 1 saturated carbocycles. The molecule has 1 aromatic carbocycles. The second-order valence-corrected chi connectivity index (χ2v) is 8.04. The van der Waals surface area contributed by atoms with Crippen LogP contribution in [0.1, 0.15) is 42.5 Å². The molecule has 0 spiro atoms. The van der Waals surface area contributed by atoms with E-state index in [9.17, 15) is 9.18 Å². The van der Waals surface area contributed by atoms with Gasteiger partial charge in [0.15, 0.2) is 0 Å². The first-order valence-corrected chi connectivity index (χ1v) is 10.4. The van der Waals surface area contributed by atoms with Gasteiger partial charge in [0.05, 0.1) is 18.7 Å². The van der Waals surface area contributed by atoms with Gasteiger partial charge < -0.3 is 20.4 Å². The highest BCUT2D eigenvalue weighted by Crippen LogP contribution is 2.34. The highest BCUT2D eigenvalue weighted by Gasteiger charge is 2.31. The van der Waals surface area contributed by atoms with Crippen LogP contribution in [0.4, 0.5) is 10.3 Å². The van der Waals surface area contributed by atoms with E-state index in [0.29, 0.717) is 48.9 Å². The van der Waals surface area contributed by atoms with Crippen LogP contribution in [-0.4, -0.2) is 46.2 Å². The highest BCUT2D eigenvalue weighted by molar-refractivity contribution is 5.99. The lowest BCUT2D eigenvalue weighted by molar-refractivity contribution is 0.0957. The summed E-state index contributed by atoms with van der Waals surface area (Å²) in [6, 6.07) is 5.52. The largest absolute Gasteiger partial charge is 0.491 e. The number of carbonyl (C=O) groups is 1. The van der Waals surface area contributed by atoms with E-state index in [1.54, 1.807) is 12.3 Å². The van der Waals surface area contributed by atoms with Crippen molar-refractivity contribution in [2.45, 2.75) is 37.8 Å². The SMILES string of the molecule is O=C1NCCOc2cc(-c3c[nH]c4nc(NCC5(F)CCCCC5)ncc34)ccc21. The molecule has 5 rings (SSSR count). The number of halogens is 1. The summed E-state index contributed by atoms with van der Waals surface area (Å²) in [5, 5.41) is 6.73. The van der Waals surface area contributed by atoms with E-state index in [2.05, 4.69) is 25.6 Å². The quantitative estimate of drug-likeness (QED) is 0.609. The maximum absolute atomic E-state index is 14.8. The van der Waals surface area contributed by atoms with Gasteiger partial charge in [-0.25, -0.2) is 9.37 Å². The number of ether oxygens (including phenoxy) is 1. The van der Waals surface area contributed by atoms with Crippen molar-refractivity contribution >= 4 is 22.9 Å². The summed E-state index contributed by atoms with van der Waals surface area (Å²) in [5.74, 6) is 0.854. The zero-order valence-corrected chi connectivity index (χ0v) is 16.6. The monoisotopic (exact) mass is 409 g/mol. The summed E-state index contributed by atoms with van der Waals surface area (Å²) in [4.78, 5) is 24.2. The van der Waals surface area contributed by atoms with Crippen LogP contribution in [0.5, 0.6) is 5.75 Å². The van der Waals surface area contributed by atoms with Crippen LogP contribution in [0, 0.1) is 0 Å². The molecule has 156 valence electrons. The molecule has 0 radical (unpaired) electrons. The first-order chi connectivity index (χ1) is 14.6. The molecule has 1 aliphatic carbocycles. The summed E-state index contributed by atoms with van der Waals surface area (Å²) in [5.41, 5.74) is 1.85. The number of hydrogen-bond donors (Lipinski definition) is 3. The van der Waals surface area contributed by atoms with Crippen molar-refractivity contribution < 1.29 is 13.9 Å². The van der Waals surface area contributed by atoms with Crippen LogP contribution < -0.4 is 15.4 Å². The molecule has 1 amide bonds. The zero-order valence-electron chi connectivity index (χ0n) is 16.6. The summed E-state index contributed by atoms with van der Waals surface area (Å²) in [6.07, 6.45) is 7.76. The summed E-state index contributed by atoms with van der Waals surface area (Å²) >= 11 is 0. The molecular formula is C22H24FN5O2. The first-order valence-electron chi connectivity index (χ1n) is 10.4. The van der Waals surface area contributed by atoms with Crippen LogP contribution in [0.3, 0.4) is 0 Å². The van der Waals surface area contributed by atoms with E-state index >= 15 is 0 Å². The van der Waals surface area contributed by atoms with E-state index in [0.717, 1.165) is 35.8 Å². The van der Waals surface area contributed by atoms with Gasteiger partial charge in [0.25, 0.3) is 5.91 Å². The molecule has 1 aliphatic heterocycles. The number of aromatic amines is 1. The third-order valence-electron chi connectivity index (χ3n) is 5.93. The predicted octanol–water partition coefficient (Wildman–Crippen LogP) is 3.83. The average molecular weight is 409 g/mol. The molecule has 7 nitrogen and oxygen atoms in total. The van der Waals surface area contributed by atoms with Crippen molar-refractivity contribution in [3.05, 3.63) is 36.2 Å². The van der Waals surface area contributed by atoms with Crippen LogP contribution >= 0.6 is 0 Å². The smallest absolute Gasteiger partial charge is 0.255 e. The number of benzene rings is 1. The minimum Gasteiger partial charge on any atom is -0.491 e. The van der Waals surface area contributed by atoms with Crippen LogP contribution in [0.2, 0.25) is 0 Å². The number of anilines is 1. The van der Waals surface area contributed by atoms with Crippen LogP contribution in [0.15, 0.2) is 30.6 Å². The normalized spacial score (nSPS) is 18.2. The van der Waals surface area contributed by atoms with Gasteiger partial charge >= 0.3 is 0 Å². The van der Waals surface area contributed by atoms with Gasteiger partial charge in [0, 0.05) is 23.3 Å². The summed E-state index contributed by atoms with van der Waals surface area (Å²) < 4.78 is 20.5. The fourth-order valence-electron chi connectivity index (χ4n) is 4.25. The Morgan fingerprint density at radius 1 is 1.20 bits per heavy atom. The molecule has 0 atom stereocenters. The van der Waals surface area contributed by atoms with E-state index in [1.165, 1.54) is 0 Å². The molecule has 0 saturated heterocycles. The van der Waals surface area contributed by atoms with Gasteiger partial charge in [-0.15, -0.1) is 0 Å². The third-order valence-corrected chi connectivity index (χ3v) is 5.93. The molecule has 2 aliphatic rings. The maximum atomic E-state index is 14.8. The molecule has 30 heavy (non-hydrogen) atoms. The highest BCUT2D eigenvalue weighted by atomic mass is 19.1. The molecule has 0 bridgehead atoms. The van der Waals surface area contributed by atoms with Gasteiger partial charge in [-0.1, -0.05) is 25.3 Å². The number of nitrogens with one attached hydrogen (secondary N) is 3. The van der Waals surface area contributed by atoms with Gasteiger partial charge in [-0.2, -0.15) is 4.98 Å². The topological polar surface area (TPSA) is 91.9 Å². The Morgan fingerprint density at radius 3 is 2.93 bits per heavy atom. The molecular weight excluding hydrogens is 385 g/mol. The Bertz CT molecular complexity index is 1090. The number of carbonyl (C=O) groups excluding carboxylic acids is 1. The lowest BCUT2D eigenvalue weighted by Gasteiger charge is -2.29. The van der Waals surface area contributed by atoms with E-state index in [-0.39, 0.29) is 12.5 Å². The van der Waals surface area contributed by atoms with Crippen molar-refractivity contribution in [3.63, 3.8) is 0 Å². The minimum absolute atomic E-state index is 0.129. The van der Waals surface area contributed by atoms with Gasteiger partial charge in [-0.05, 0) is 30.5 Å². The second-order valence-electron chi connectivity index (χ2n) is 8.04. The van der Waals surface area contributed by atoms with E-state index < -0.39 is 5.67 Å². The Kier molecular flexibility index (Phi) is 4.77. The average Bonchev–Trinajstić information content (AvgIpc) is 3.10. The van der Waals surface area contributed by atoms with Crippen molar-refractivity contribution in [1.82, 2.24) is 20.3 Å². The first kappa shape index (κ1) is 18.8. The molecule has 0 unspecified atom stereocenters. The van der Waals surface area contributed by atoms with E-state index in [4.69, 9.17) is 4.74 Å². The maximum Gasteiger partial charge on any atom is 0.255 e. The number of aromatic nitrogens is 3. The fraction of sp³-hybridized carbons (Fsp3) is 0.409. The predicted molar refractivity (Wildman–Crippen MR) is 113 cm³/mol. The lowest BCUT2D eigenvalue weighted by Crippen LogP contribution is -2.34. The standard InChI is InChI=1S/C22H24FN5O2/c23-22(6-2-1-3-7-22)13-27-21-26-12-17-16(11-25-19(17)28-21)14-4-5-15-18(10-14)30-9-8-24-20(15)29/h4-5,10-12H,1-3,6-9,13H2,(H,24,29)(H2,25,26,27,28). The molecule has 2 aromatic heterocycles. The molecule has 3 aromatic rings. The summed E-state index contributed by atoms with van der Waals surface area (Å²) in [6.45, 7) is 1.15. The third kappa shape index (κ3) is 3.58. The van der Waals surface area contributed by atoms with Crippen molar-refractivity contribution in [2.75, 3.05) is 25.0 Å². The Labute approximate surface area is 173 Å². The number of amides is 1. The zero-order chi connectivity index (χ0) is 20.6. The molecule has 1 fully saturated rings.